The van der Waals surface area contributed by atoms with Crippen molar-refractivity contribution in [3.05, 3.63) is 93.2 Å². The van der Waals surface area contributed by atoms with E-state index in [-0.39, 0.29) is 48.4 Å². The fraction of sp³-hybridized carbons (Fsp3) is 0.323. The highest BCUT2D eigenvalue weighted by Crippen LogP contribution is 2.35. The normalized spacial score (nSPS) is 16.0. The maximum Gasteiger partial charge on any atom is 0.325 e. The van der Waals surface area contributed by atoms with Crippen molar-refractivity contribution in [1.82, 2.24) is 20.4 Å². The van der Waals surface area contributed by atoms with Gasteiger partial charge in [-0.3, -0.25) is 9.69 Å². The maximum atomic E-state index is 13.9. The van der Waals surface area contributed by atoms with Gasteiger partial charge in [0.1, 0.15) is 22.9 Å². The van der Waals surface area contributed by atoms with Gasteiger partial charge in [0, 0.05) is 30.2 Å². The van der Waals surface area contributed by atoms with Crippen LogP contribution >= 0.6 is 23.2 Å². The van der Waals surface area contributed by atoms with Crippen molar-refractivity contribution in [2.45, 2.75) is 57.3 Å². The number of halogens is 3. The summed E-state index contributed by atoms with van der Waals surface area (Å²) < 4.78 is 19.8. The summed E-state index contributed by atoms with van der Waals surface area (Å²) in [6.45, 7) is 0.508. The Labute approximate surface area is 253 Å². The Balaban J connectivity index is 1.23. The fourth-order valence-corrected chi connectivity index (χ4v) is 5.70. The number of hydrogen-bond donors (Lipinski definition) is 2. The van der Waals surface area contributed by atoms with E-state index in [1.165, 1.54) is 28.0 Å². The number of imide groups is 1. The molecule has 11 heteroatoms. The highest BCUT2D eigenvalue weighted by Gasteiger charge is 2.51. The van der Waals surface area contributed by atoms with Crippen LogP contribution in [0.2, 0.25) is 10.0 Å². The Hall–Kier alpha value is -3.82. The van der Waals surface area contributed by atoms with Gasteiger partial charge in [-0.15, -0.1) is 0 Å². The summed E-state index contributed by atoms with van der Waals surface area (Å²) in [5.74, 6) is -0.173. The molecule has 0 unspecified atom stereocenters. The summed E-state index contributed by atoms with van der Waals surface area (Å²) in [6.07, 6.45) is 4.22. The summed E-state index contributed by atoms with van der Waals surface area (Å²) in [5.41, 5.74) is 1.45. The highest BCUT2D eigenvalue weighted by atomic mass is 35.5. The number of rotatable bonds is 8. The van der Waals surface area contributed by atoms with Crippen molar-refractivity contribution in [2.24, 2.45) is 0 Å². The van der Waals surface area contributed by atoms with E-state index < -0.39 is 11.4 Å². The minimum Gasteiger partial charge on any atom is -0.457 e. The van der Waals surface area contributed by atoms with Crippen molar-refractivity contribution in [3.8, 4) is 11.5 Å². The third-order valence-electron chi connectivity index (χ3n) is 7.73. The summed E-state index contributed by atoms with van der Waals surface area (Å²) >= 11 is 12.0. The Morgan fingerprint density at radius 2 is 1.76 bits per heavy atom. The number of carbonyl (C=O) groups excluding carboxylic acids is 3. The van der Waals surface area contributed by atoms with Gasteiger partial charge in [0.2, 0.25) is 0 Å². The number of amides is 5. The standard InChI is InChI=1S/C31H31Cl2FN4O4/c1-37(18-22-9-10-23(32)15-27(22)42-24-11-12-25(33)26(34)16-24)29(40)35-17-20-7-3-4-8-21(20)19-38-28(39)31(36-30(38)41)13-5-2-6-14-31/h3-4,7-12,15-16H,2,5-6,13-14,17-19H2,1H3,(H,35,40)(H,36,41). The van der Waals surface area contributed by atoms with Crippen LogP contribution in [0.1, 0.15) is 48.8 Å². The van der Waals surface area contributed by atoms with Crippen molar-refractivity contribution in [2.75, 3.05) is 7.05 Å². The lowest BCUT2D eigenvalue weighted by Gasteiger charge is -2.30. The number of hydrogen-bond acceptors (Lipinski definition) is 4. The Kier molecular flexibility index (Phi) is 8.89. The van der Waals surface area contributed by atoms with Gasteiger partial charge < -0.3 is 20.3 Å². The first-order valence-electron chi connectivity index (χ1n) is 13.8. The van der Waals surface area contributed by atoms with Gasteiger partial charge in [0.25, 0.3) is 5.91 Å². The lowest BCUT2D eigenvalue weighted by molar-refractivity contribution is -0.132. The first kappa shape index (κ1) is 29.7. The van der Waals surface area contributed by atoms with Gasteiger partial charge in [-0.25, -0.2) is 14.0 Å². The molecule has 5 rings (SSSR count). The smallest absolute Gasteiger partial charge is 0.325 e. The maximum absolute atomic E-state index is 13.9. The van der Waals surface area contributed by atoms with Crippen LogP contribution in [-0.4, -0.2) is 40.4 Å². The molecule has 1 aliphatic heterocycles. The predicted octanol–water partition coefficient (Wildman–Crippen LogP) is 7.02. The molecule has 5 amide bonds. The number of nitrogens with zero attached hydrogens (tertiary/aromatic N) is 2. The van der Waals surface area contributed by atoms with Crippen molar-refractivity contribution in [3.63, 3.8) is 0 Å². The molecule has 220 valence electrons. The molecule has 42 heavy (non-hydrogen) atoms. The topological polar surface area (TPSA) is 91.0 Å². The monoisotopic (exact) mass is 612 g/mol. The molecule has 2 aliphatic rings. The molecule has 2 fully saturated rings. The first-order chi connectivity index (χ1) is 20.1. The van der Waals surface area contributed by atoms with Crippen LogP contribution in [0, 0.1) is 5.82 Å². The molecule has 1 aliphatic carbocycles. The van der Waals surface area contributed by atoms with E-state index in [4.69, 9.17) is 27.9 Å². The zero-order chi connectivity index (χ0) is 29.9. The number of benzene rings is 3. The summed E-state index contributed by atoms with van der Waals surface area (Å²) in [5, 5.41) is 6.26. The van der Waals surface area contributed by atoms with Gasteiger partial charge in [-0.05, 0) is 48.2 Å². The second-order valence-corrected chi connectivity index (χ2v) is 11.5. The van der Waals surface area contributed by atoms with Gasteiger partial charge in [0.05, 0.1) is 18.1 Å². The number of nitrogens with one attached hydrogen (secondary N) is 2. The van der Waals surface area contributed by atoms with E-state index in [1.54, 1.807) is 25.2 Å². The first-order valence-corrected chi connectivity index (χ1v) is 14.5. The van der Waals surface area contributed by atoms with Crippen molar-refractivity contribution >= 4 is 41.2 Å². The van der Waals surface area contributed by atoms with Gasteiger partial charge >= 0.3 is 12.1 Å². The molecule has 0 bridgehead atoms. The molecule has 1 saturated heterocycles. The van der Waals surface area contributed by atoms with Crippen LogP contribution in [0.4, 0.5) is 14.0 Å². The lowest BCUT2D eigenvalue weighted by atomic mass is 9.81. The SMILES string of the molecule is CN(Cc1ccc(Cl)cc1Oc1ccc(Cl)c(F)c1)C(=O)NCc1ccccc1CN1C(=O)NC2(CCCCC2)C1=O. The van der Waals surface area contributed by atoms with Gasteiger partial charge in [-0.2, -0.15) is 0 Å². The molecular formula is C31H31Cl2FN4O4. The van der Waals surface area contributed by atoms with Crippen molar-refractivity contribution < 1.29 is 23.5 Å². The van der Waals surface area contributed by atoms with Crippen molar-refractivity contribution in [1.29, 1.82) is 0 Å². The third-order valence-corrected chi connectivity index (χ3v) is 8.27. The predicted molar refractivity (Wildman–Crippen MR) is 158 cm³/mol. The van der Waals surface area contributed by atoms with Crippen LogP contribution in [0.5, 0.6) is 11.5 Å². The average Bonchev–Trinajstić information content (AvgIpc) is 3.19. The van der Waals surface area contributed by atoms with E-state index in [2.05, 4.69) is 10.6 Å². The molecule has 3 aromatic rings. The van der Waals surface area contributed by atoms with E-state index >= 15 is 0 Å². The molecule has 0 aromatic heterocycles. The summed E-state index contributed by atoms with van der Waals surface area (Å²) in [7, 11) is 1.64. The summed E-state index contributed by atoms with van der Waals surface area (Å²) in [4.78, 5) is 41.8. The minimum absolute atomic E-state index is 0.0184. The zero-order valence-electron chi connectivity index (χ0n) is 23.1. The number of urea groups is 2. The molecule has 1 saturated carbocycles. The molecule has 3 aromatic carbocycles. The molecular weight excluding hydrogens is 582 g/mol. The molecule has 8 nitrogen and oxygen atoms in total. The van der Waals surface area contributed by atoms with Crippen LogP contribution in [-0.2, 0) is 24.4 Å². The number of ether oxygens (including phenoxy) is 1. The van der Waals surface area contributed by atoms with Gasteiger partial charge in [-0.1, -0.05) is 72.8 Å². The van der Waals surface area contributed by atoms with Crippen LogP contribution < -0.4 is 15.4 Å². The quantitative estimate of drug-likeness (QED) is 0.267. The second kappa shape index (κ2) is 12.6. The largest absolute Gasteiger partial charge is 0.457 e. The highest BCUT2D eigenvalue weighted by molar-refractivity contribution is 6.31. The Bertz CT molecular complexity index is 1510. The minimum atomic E-state index is -0.785. The van der Waals surface area contributed by atoms with E-state index in [0.29, 0.717) is 29.2 Å². The Morgan fingerprint density at radius 3 is 2.50 bits per heavy atom. The second-order valence-electron chi connectivity index (χ2n) is 10.7. The number of carbonyl (C=O) groups is 3. The summed E-state index contributed by atoms with van der Waals surface area (Å²) in [6, 6.07) is 15.8. The third kappa shape index (κ3) is 6.47. The van der Waals surface area contributed by atoms with E-state index in [9.17, 15) is 18.8 Å². The molecule has 0 atom stereocenters. The molecule has 1 heterocycles. The Morgan fingerprint density at radius 1 is 1.02 bits per heavy atom. The van der Waals surface area contributed by atoms with Crippen LogP contribution in [0.25, 0.3) is 0 Å². The van der Waals surface area contributed by atoms with Gasteiger partial charge in [0.15, 0.2) is 0 Å². The molecule has 2 N–H and O–H groups in total. The van der Waals surface area contributed by atoms with Crippen LogP contribution in [0.15, 0.2) is 60.7 Å². The zero-order valence-corrected chi connectivity index (χ0v) is 24.6. The van der Waals surface area contributed by atoms with E-state index in [1.807, 2.05) is 24.3 Å². The van der Waals surface area contributed by atoms with E-state index in [0.717, 1.165) is 30.4 Å². The average molecular weight is 614 g/mol. The fourth-order valence-electron chi connectivity index (χ4n) is 5.42. The van der Waals surface area contributed by atoms with Crippen LogP contribution in [0.3, 0.4) is 0 Å². The molecule has 1 spiro atoms. The lowest BCUT2D eigenvalue weighted by Crippen LogP contribution is -2.48. The molecule has 0 radical (unpaired) electrons.